The number of cyclic esters (lactones) is 2. The predicted octanol–water partition coefficient (Wildman–Crippen LogP) is 2.98. The molecule has 0 aromatic heterocycles. The van der Waals surface area contributed by atoms with Gasteiger partial charge >= 0.3 is 18.4 Å². The third-order valence-corrected chi connectivity index (χ3v) is 4.35. The molecule has 1 aromatic carbocycles. The average Bonchev–Trinajstić information content (AvgIpc) is 3.17. The summed E-state index contributed by atoms with van der Waals surface area (Å²) in [6.45, 7) is 0.276. The fourth-order valence-electron chi connectivity index (χ4n) is 2.81. The van der Waals surface area contributed by atoms with E-state index in [2.05, 4.69) is 17.5 Å². The second-order valence-corrected chi connectivity index (χ2v) is 6.61. The Morgan fingerprint density at radius 1 is 1.25 bits per heavy atom. The molecule has 0 aliphatic carbocycles. The van der Waals surface area contributed by atoms with E-state index in [0.29, 0.717) is 0 Å². The van der Waals surface area contributed by atoms with Crippen molar-refractivity contribution in [2.45, 2.75) is 18.7 Å². The van der Waals surface area contributed by atoms with Crippen molar-refractivity contribution in [3.05, 3.63) is 24.0 Å². The lowest BCUT2D eigenvalue weighted by Gasteiger charge is -2.17. The first kappa shape index (κ1) is 20.1. The van der Waals surface area contributed by atoms with Crippen LogP contribution < -0.4 is 15.1 Å². The largest absolute Gasteiger partial charge is 0.447 e. The molecule has 2 saturated heterocycles. The number of carbonyl (C=O) groups excluding carboxylic acids is 2. The van der Waals surface area contributed by atoms with E-state index in [0.717, 1.165) is 15.9 Å². The molecule has 152 valence electrons. The number of thiocarbonyl (C=S) groups is 1. The summed E-state index contributed by atoms with van der Waals surface area (Å²) < 4.78 is 61.0. The maximum Gasteiger partial charge on any atom is 0.414 e. The standard InChI is InChI=1S/C16H15F4N3O4S/c17-11-5-9(1-2-12(11)22-3-4-26-14(22)24)23-8-10(27-15(23)25)7-21-13(28)6-16(18,19)20/h1-2,5,10H,3-4,6-8H2,(H,21,28). The van der Waals surface area contributed by atoms with E-state index >= 15 is 0 Å². The van der Waals surface area contributed by atoms with E-state index in [9.17, 15) is 27.2 Å². The Hall–Kier alpha value is -2.63. The molecule has 0 spiro atoms. The number of rotatable bonds is 5. The van der Waals surface area contributed by atoms with Gasteiger partial charge < -0.3 is 14.8 Å². The molecule has 28 heavy (non-hydrogen) atoms. The molecule has 1 atom stereocenters. The summed E-state index contributed by atoms with van der Waals surface area (Å²) in [5.74, 6) is -0.725. The van der Waals surface area contributed by atoms with Gasteiger partial charge in [-0.05, 0) is 18.2 Å². The summed E-state index contributed by atoms with van der Waals surface area (Å²) in [6.07, 6.45) is -7.87. The quantitative estimate of drug-likeness (QED) is 0.582. The average molecular weight is 421 g/mol. The molecule has 7 nitrogen and oxygen atoms in total. The summed E-state index contributed by atoms with van der Waals surface area (Å²) in [5.41, 5.74) is 0.216. The van der Waals surface area contributed by atoms with Crippen LogP contribution in [0.5, 0.6) is 0 Å². The third kappa shape index (κ3) is 4.61. The van der Waals surface area contributed by atoms with Crippen LogP contribution in [0.3, 0.4) is 0 Å². The molecule has 3 rings (SSSR count). The van der Waals surface area contributed by atoms with Gasteiger partial charge in [-0.3, -0.25) is 9.80 Å². The van der Waals surface area contributed by atoms with Crippen molar-refractivity contribution in [3.63, 3.8) is 0 Å². The van der Waals surface area contributed by atoms with Gasteiger partial charge in [0.05, 0.1) is 42.4 Å². The van der Waals surface area contributed by atoms with Gasteiger partial charge in [-0.1, -0.05) is 12.2 Å². The molecular formula is C16H15F4N3O4S. The highest BCUT2D eigenvalue weighted by Gasteiger charge is 2.34. The molecule has 2 heterocycles. The second-order valence-electron chi connectivity index (χ2n) is 6.11. The van der Waals surface area contributed by atoms with Crippen LogP contribution in [0.1, 0.15) is 6.42 Å². The Kier molecular flexibility index (Phi) is 5.59. The van der Waals surface area contributed by atoms with Gasteiger partial charge in [-0.25, -0.2) is 14.0 Å². The number of nitrogens with one attached hydrogen (secondary N) is 1. The number of hydrogen-bond acceptors (Lipinski definition) is 5. The number of amides is 2. The monoisotopic (exact) mass is 421 g/mol. The Labute approximate surface area is 162 Å². The molecular weight excluding hydrogens is 406 g/mol. The van der Waals surface area contributed by atoms with Crippen LogP contribution >= 0.6 is 12.2 Å². The van der Waals surface area contributed by atoms with Crippen LogP contribution in [-0.2, 0) is 9.47 Å². The number of hydrogen-bond donors (Lipinski definition) is 1. The Morgan fingerprint density at radius 3 is 2.61 bits per heavy atom. The van der Waals surface area contributed by atoms with E-state index in [1.807, 2.05) is 0 Å². The van der Waals surface area contributed by atoms with E-state index in [1.54, 1.807) is 0 Å². The van der Waals surface area contributed by atoms with Crippen LogP contribution in [0.15, 0.2) is 18.2 Å². The summed E-state index contributed by atoms with van der Waals surface area (Å²) in [6, 6.07) is 3.86. The van der Waals surface area contributed by atoms with E-state index in [4.69, 9.17) is 9.47 Å². The van der Waals surface area contributed by atoms with Crippen LogP contribution in [0.25, 0.3) is 0 Å². The van der Waals surface area contributed by atoms with Gasteiger partial charge in [0, 0.05) is 0 Å². The number of nitrogens with zero attached hydrogens (tertiary/aromatic N) is 2. The van der Waals surface area contributed by atoms with Gasteiger partial charge in [-0.15, -0.1) is 0 Å². The summed E-state index contributed by atoms with van der Waals surface area (Å²) in [4.78, 5) is 25.4. The van der Waals surface area contributed by atoms with Crippen LogP contribution in [-0.4, -0.2) is 55.7 Å². The second kappa shape index (κ2) is 7.78. The highest BCUT2D eigenvalue weighted by Crippen LogP contribution is 2.29. The van der Waals surface area contributed by atoms with Gasteiger partial charge in [0.1, 0.15) is 18.5 Å². The topological polar surface area (TPSA) is 71.1 Å². The van der Waals surface area contributed by atoms with E-state index < -0.39 is 41.7 Å². The third-order valence-electron chi connectivity index (χ3n) is 4.06. The summed E-state index contributed by atoms with van der Waals surface area (Å²) >= 11 is 4.61. The van der Waals surface area contributed by atoms with Gasteiger partial charge in [0.15, 0.2) is 0 Å². The molecule has 1 unspecified atom stereocenters. The zero-order chi connectivity index (χ0) is 20.5. The number of carbonyl (C=O) groups is 2. The minimum absolute atomic E-state index is 0.00497. The number of ether oxygens (including phenoxy) is 2. The van der Waals surface area contributed by atoms with Crippen LogP contribution in [0, 0.1) is 5.82 Å². The summed E-state index contributed by atoms with van der Waals surface area (Å²) in [5, 5.41) is 2.41. The van der Waals surface area contributed by atoms with Gasteiger partial charge in [0.25, 0.3) is 0 Å². The lowest BCUT2D eigenvalue weighted by atomic mass is 10.2. The molecule has 0 radical (unpaired) electrons. The number of alkyl halides is 3. The highest BCUT2D eigenvalue weighted by molar-refractivity contribution is 7.80. The maximum absolute atomic E-state index is 14.4. The first-order valence-electron chi connectivity index (χ1n) is 8.19. The summed E-state index contributed by atoms with van der Waals surface area (Å²) in [7, 11) is 0. The molecule has 0 saturated carbocycles. The van der Waals surface area contributed by atoms with Crippen molar-refractivity contribution >= 4 is 40.8 Å². The Bertz CT molecular complexity index is 805. The predicted molar refractivity (Wildman–Crippen MR) is 94.0 cm³/mol. The van der Waals surface area contributed by atoms with Crippen molar-refractivity contribution < 1.29 is 36.6 Å². The van der Waals surface area contributed by atoms with E-state index in [1.165, 1.54) is 12.1 Å². The molecule has 0 bridgehead atoms. The number of benzene rings is 1. The Morgan fingerprint density at radius 2 is 2.00 bits per heavy atom. The minimum atomic E-state index is -4.43. The molecule has 2 fully saturated rings. The molecule has 2 aliphatic rings. The first-order valence-corrected chi connectivity index (χ1v) is 8.60. The van der Waals surface area contributed by atoms with Gasteiger partial charge in [-0.2, -0.15) is 13.2 Å². The lowest BCUT2D eigenvalue weighted by Crippen LogP contribution is -2.35. The molecule has 1 aromatic rings. The smallest absolute Gasteiger partial charge is 0.414 e. The fraction of sp³-hybridized carbons (Fsp3) is 0.438. The van der Waals surface area contributed by atoms with E-state index in [-0.39, 0.29) is 37.6 Å². The van der Waals surface area contributed by atoms with Crippen molar-refractivity contribution in [1.82, 2.24) is 5.32 Å². The van der Waals surface area contributed by atoms with Crippen molar-refractivity contribution in [1.29, 1.82) is 0 Å². The lowest BCUT2D eigenvalue weighted by molar-refractivity contribution is -0.121. The molecule has 1 N–H and O–H groups in total. The zero-order valence-electron chi connectivity index (χ0n) is 14.3. The first-order chi connectivity index (χ1) is 13.1. The molecule has 2 amide bonds. The number of halogens is 4. The fourth-order valence-corrected chi connectivity index (χ4v) is 3.05. The minimum Gasteiger partial charge on any atom is -0.447 e. The molecule has 12 heteroatoms. The van der Waals surface area contributed by atoms with Gasteiger partial charge in [0.2, 0.25) is 0 Å². The van der Waals surface area contributed by atoms with Crippen LogP contribution in [0.2, 0.25) is 0 Å². The number of anilines is 2. The Balaban J connectivity index is 1.61. The van der Waals surface area contributed by atoms with Crippen molar-refractivity contribution in [2.24, 2.45) is 0 Å². The highest BCUT2D eigenvalue weighted by atomic mass is 32.1. The maximum atomic E-state index is 14.4. The molecule has 2 aliphatic heterocycles. The van der Waals surface area contributed by atoms with Crippen molar-refractivity contribution in [3.8, 4) is 0 Å². The van der Waals surface area contributed by atoms with Crippen molar-refractivity contribution in [2.75, 3.05) is 36.0 Å². The zero-order valence-corrected chi connectivity index (χ0v) is 15.1. The normalized spacial score (nSPS) is 19.6. The van der Waals surface area contributed by atoms with Crippen LogP contribution in [0.4, 0.5) is 38.5 Å². The SMILES string of the molecule is O=C1OC(CNC(=S)CC(F)(F)F)CN1c1ccc(N2CCOC2=O)c(F)c1.